The van der Waals surface area contributed by atoms with Gasteiger partial charge in [-0.1, -0.05) is 22.0 Å². The molecule has 60 valence electrons. The Labute approximate surface area is 79.6 Å². The van der Waals surface area contributed by atoms with Gasteiger partial charge in [0.05, 0.1) is 0 Å². The first-order chi connectivity index (χ1) is 5.77. The minimum Gasteiger partial charge on any atom is -0.261 e. The van der Waals surface area contributed by atoms with Gasteiger partial charge in [-0.05, 0) is 30.5 Å². The van der Waals surface area contributed by atoms with Crippen molar-refractivity contribution in [3.63, 3.8) is 0 Å². The van der Waals surface area contributed by atoms with Crippen LogP contribution in [0.3, 0.4) is 0 Å². The molecule has 1 nitrogen and oxygen atoms in total. The van der Waals surface area contributed by atoms with Gasteiger partial charge < -0.3 is 0 Å². The van der Waals surface area contributed by atoms with Crippen molar-refractivity contribution in [2.45, 2.75) is 6.92 Å². The van der Waals surface area contributed by atoms with Gasteiger partial charge in [-0.25, -0.2) is 0 Å². The molecule has 1 heterocycles. The predicted molar refractivity (Wildman–Crippen MR) is 54.2 cm³/mol. The number of aromatic nitrogens is 1. The Bertz CT molecular complexity index is 423. The highest BCUT2D eigenvalue weighted by atomic mass is 79.9. The van der Waals surface area contributed by atoms with Crippen LogP contribution in [0.25, 0.3) is 10.8 Å². The summed E-state index contributed by atoms with van der Waals surface area (Å²) in [7, 11) is 0. The molecule has 0 radical (unpaired) electrons. The van der Waals surface area contributed by atoms with Crippen LogP contribution in [0, 0.1) is 6.92 Å². The van der Waals surface area contributed by atoms with Crippen LogP contribution in [0.15, 0.2) is 34.9 Å². The van der Waals surface area contributed by atoms with Crippen molar-refractivity contribution in [2.24, 2.45) is 0 Å². The van der Waals surface area contributed by atoms with Gasteiger partial charge in [0.2, 0.25) is 0 Å². The van der Waals surface area contributed by atoms with Gasteiger partial charge in [-0.2, -0.15) is 0 Å². The minimum absolute atomic E-state index is 1.08. The standard InChI is InChI=1S/C10H8BrN/c1-7-10-3-2-9(11)6-8(10)4-5-12-7/h2-6H,1H3. The van der Waals surface area contributed by atoms with Gasteiger partial charge in [-0.15, -0.1) is 0 Å². The van der Waals surface area contributed by atoms with Crippen LogP contribution in [0.4, 0.5) is 0 Å². The average Bonchev–Trinajstić information content (AvgIpc) is 2.04. The maximum Gasteiger partial charge on any atom is 0.0450 e. The van der Waals surface area contributed by atoms with Gasteiger partial charge in [-0.3, -0.25) is 4.98 Å². The summed E-state index contributed by atoms with van der Waals surface area (Å²) in [6.45, 7) is 2.02. The fourth-order valence-electron chi connectivity index (χ4n) is 1.30. The van der Waals surface area contributed by atoms with E-state index in [0.717, 1.165) is 10.2 Å². The fraction of sp³-hybridized carbons (Fsp3) is 0.100. The summed E-state index contributed by atoms with van der Waals surface area (Å²) in [4.78, 5) is 4.22. The summed E-state index contributed by atoms with van der Waals surface area (Å²) in [5.41, 5.74) is 1.08. The highest BCUT2D eigenvalue weighted by Gasteiger charge is 1.96. The van der Waals surface area contributed by atoms with Gasteiger partial charge in [0.1, 0.15) is 0 Å². The smallest absolute Gasteiger partial charge is 0.0450 e. The molecule has 1 aromatic heterocycles. The number of hydrogen-bond donors (Lipinski definition) is 0. The summed E-state index contributed by atoms with van der Waals surface area (Å²) in [5.74, 6) is 0. The first kappa shape index (κ1) is 7.74. The molecule has 0 aliphatic carbocycles. The van der Waals surface area contributed by atoms with Gasteiger partial charge >= 0.3 is 0 Å². The molecule has 2 rings (SSSR count). The van der Waals surface area contributed by atoms with Gasteiger partial charge in [0.25, 0.3) is 0 Å². The summed E-state index contributed by atoms with van der Waals surface area (Å²) in [6, 6.07) is 8.25. The molecule has 0 amide bonds. The molecule has 0 spiro atoms. The van der Waals surface area contributed by atoms with Crippen LogP contribution < -0.4 is 0 Å². The van der Waals surface area contributed by atoms with E-state index < -0.39 is 0 Å². The zero-order chi connectivity index (χ0) is 8.55. The zero-order valence-electron chi connectivity index (χ0n) is 6.71. The van der Waals surface area contributed by atoms with E-state index in [9.17, 15) is 0 Å². The molecule has 0 N–H and O–H groups in total. The minimum atomic E-state index is 1.08. The number of pyridine rings is 1. The van der Waals surface area contributed by atoms with Crippen molar-refractivity contribution in [3.8, 4) is 0 Å². The molecule has 0 aliphatic rings. The molecule has 0 bridgehead atoms. The first-order valence-electron chi connectivity index (χ1n) is 3.78. The first-order valence-corrected chi connectivity index (χ1v) is 4.57. The lowest BCUT2D eigenvalue weighted by molar-refractivity contribution is 1.24. The molecule has 2 aromatic rings. The third kappa shape index (κ3) is 1.23. The summed E-state index contributed by atoms with van der Waals surface area (Å²) in [5, 5.41) is 2.46. The Morgan fingerprint density at radius 2 is 2.08 bits per heavy atom. The number of benzene rings is 1. The molecule has 0 unspecified atom stereocenters. The molecule has 0 saturated carbocycles. The quantitative estimate of drug-likeness (QED) is 0.666. The lowest BCUT2D eigenvalue weighted by Gasteiger charge is -2.00. The average molecular weight is 222 g/mol. The van der Waals surface area contributed by atoms with Crippen molar-refractivity contribution >= 4 is 26.7 Å². The van der Waals surface area contributed by atoms with Crippen LogP contribution in [0.5, 0.6) is 0 Å². The highest BCUT2D eigenvalue weighted by molar-refractivity contribution is 9.10. The number of rotatable bonds is 0. The van der Waals surface area contributed by atoms with Crippen molar-refractivity contribution in [1.29, 1.82) is 0 Å². The Morgan fingerprint density at radius 1 is 1.25 bits per heavy atom. The van der Waals surface area contributed by atoms with Crippen LogP contribution in [-0.2, 0) is 0 Å². The maximum atomic E-state index is 4.22. The molecular formula is C10H8BrN. The molecule has 1 aromatic carbocycles. The Hall–Kier alpha value is -0.890. The van der Waals surface area contributed by atoms with E-state index in [-0.39, 0.29) is 0 Å². The summed E-state index contributed by atoms with van der Waals surface area (Å²) < 4.78 is 1.11. The van der Waals surface area contributed by atoms with Crippen LogP contribution in [0.1, 0.15) is 5.69 Å². The molecule has 12 heavy (non-hydrogen) atoms. The number of halogens is 1. The Kier molecular flexibility index (Phi) is 1.85. The van der Waals surface area contributed by atoms with Crippen molar-refractivity contribution in [1.82, 2.24) is 4.98 Å². The maximum absolute atomic E-state index is 4.22. The third-order valence-corrected chi connectivity index (χ3v) is 2.42. The SMILES string of the molecule is Cc1nccc2cc(Br)ccc12. The van der Waals surface area contributed by atoms with Crippen molar-refractivity contribution in [3.05, 3.63) is 40.6 Å². The number of nitrogens with zero attached hydrogens (tertiary/aromatic N) is 1. The summed E-state index contributed by atoms with van der Waals surface area (Å²) >= 11 is 3.44. The van der Waals surface area contributed by atoms with E-state index >= 15 is 0 Å². The fourth-order valence-corrected chi connectivity index (χ4v) is 1.68. The second kappa shape index (κ2) is 2.87. The second-order valence-electron chi connectivity index (χ2n) is 2.76. The highest BCUT2D eigenvalue weighted by Crippen LogP contribution is 2.20. The number of aryl methyl sites for hydroxylation is 1. The van der Waals surface area contributed by atoms with Gasteiger partial charge in [0, 0.05) is 21.7 Å². The van der Waals surface area contributed by atoms with E-state index in [4.69, 9.17) is 0 Å². The monoisotopic (exact) mass is 221 g/mol. The molecular weight excluding hydrogens is 214 g/mol. The second-order valence-corrected chi connectivity index (χ2v) is 3.68. The van der Waals surface area contributed by atoms with Crippen LogP contribution in [0.2, 0.25) is 0 Å². The van der Waals surface area contributed by atoms with E-state index in [2.05, 4.69) is 33.0 Å². The van der Waals surface area contributed by atoms with Crippen molar-refractivity contribution < 1.29 is 0 Å². The van der Waals surface area contributed by atoms with E-state index in [0.29, 0.717) is 0 Å². The predicted octanol–water partition coefficient (Wildman–Crippen LogP) is 3.31. The van der Waals surface area contributed by atoms with E-state index in [1.165, 1.54) is 10.8 Å². The lowest BCUT2D eigenvalue weighted by Crippen LogP contribution is -1.81. The van der Waals surface area contributed by atoms with Crippen LogP contribution >= 0.6 is 15.9 Å². The van der Waals surface area contributed by atoms with Crippen molar-refractivity contribution in [2.75, 3.05) is 0 Å². The molecule has 0 aliphatic heterocycles. The van der Waals surface area contributed by atoms with Gasteiger partial charge in [0.15, 0.2) is 0 Å². The molecule has 0 fully saturated rings. The number of fused-ring (bicyclic) bond motifs is 1. The number of hydrogen-bond acceptors (Lipinski definition) is 1. The third-order valence-electron chi connectivity index (χ3n) is 1.93. The molecule has 0 atom stereocenters. The topological polar surface area (TPSA) is 12.9 Å². The van der Waals surface area contributed by atoms with E-state index in [1.54, 1.807) is 0 Å². The summed E-state index contributed by atoms with van der Waals surface area (Å²) in [6.07, 6.45) is 1.84. The Balaban J connectivity index is 2.86. The molecule has 2 heteroatoms. The Morgan fingerprint density at radius 3 is 2.92 bits per heavy atom. The van der Waals surface area contributed by atoms with E-state index in [1.807, 2.05) is 25.3 Å². The normalized spacial score (nSPS) is 10.5. The van der Waals surface area contributed by atoms with Crippen LogP contribution in [-0.4, -0.2) is 4.98 Å². The largest absolute Gasteiger partial charge is 0.261 e. The molecule has 0 saturated heterocycles. The lowest BCUT2D eigenvalue weighted by atomic mass is 10.1. The zero-order valence-corrected chi connectivity index (χ0v) is 8.30.